The van der Waals surface area contributed by atoms with Crippen LogP contribution in [0.1, 0.15) is 26.7 Å². The molecule has 14 heavy (non-hydrogen) atoms. The minimum atomic E-state index is 0.219. The molecular weight excluding hydrogens is 293 g/mol. The van der Waals surface area contributed by atoms with Crippen LogP contribution in [-0.2, 0) is 9.47 Å². The monoisotopic (exact) mass is 313 g/mol. The summed E-state index contributed by atoms with van der Waals surface area (Å²) in [6, 6.07) is 0.370. The van der Waals surface area contributed by atoms with Crippen LogP contribution < -0.4 is 5.73 Å². The molecule has 0 bridgehead atoms. The molecule has 0 unspecified atom stereocenters. The van der Waals surface area contributed by atoms with Gasteiger partial charge in [0, 0.05) is 9.46 Å². The molecule has 1 rings (SSSR count). The van der Waals surface area contributed by atoms with Gasteiger partial charge in [-0.15, -0.1) is 0 Å². The summed E-state index contributed by atoms with van der Waals surface area (Å²) in [7, 11) is 0. The van der Waals surface area contributed by atoms with Gasteiger partial charge in [0.05, 0.1) is 25.9 Å². The van der Waals surface area contributed by atoms with E-state index in [-0.39, 0.29) is 3.42 Å². The average molecular weight is 313 g/mol. The third-order valence-corrected chi connectivity index (χ3v) is 2.47. The Balaban J connectivity index is 1.85. The molecule has 1 aliphatic carbocycles. The van der Waals surface area contributed by atoms with Crippen LogP contribution in [0.25, 0.3) is 0 Å². The fourth-order valence-electron chi connectivity index (χ4n) is 1.33. The van der Waals surface area contributed by atoms with Gasteiger partial charge in [0.15, 0.2) is 0 Å². The van der Waals surface area contributed by atoms with Crippen molar-refractivity contribution in [3.05, 3.63) is 0 Å². The van der Waals surface area contributed by atoms with Gasteiger partial charge in [-0.25, -0.2) is 0 Å². The van der Waals surface area contributed by atoms with E-state index in [0.717, 1.165) is 19.4 Å². The predicted octanol–water partition coefficient (Wildman–Crippen LogP) is 1.72. The van der Waals surface area contributed by atoms with Gasteiger partial charge in [0.2, 0.25) is 0 Å². The van der Waals surface area contributed by atoms with Gasteiger partial charge in [-0.2, -0.15) is 0 Å². The number of nitrogens with two attached hydrogens (primary N) is 1. The predicted molar refractivity (Wildman–Crippen MR) is 65.9 cm³/mol. The Morgan fingerprint density at radius 3 is 2.50 bits per heavy atom. The Morgan fingerprint density at radius 2 is 2.00 bits per heavy atom. The zero-order valence-corrected chi connectivity index (χ0v) is 11.1. The van der Waals surface area contributed by atoms with Crippen molar-refractivity contribution in [2.45, 2.75) is 42.3 Å². The van der Waals surface area contributed by atoms with Crippen molar-refractivity contribution in [3.63, 3.8) is 0 Å². The first-order valence-electron chi connectivity index (χ1n) is 5.11. The highest BCUT2D eigenvalue weighted by Crippen LogP contribution is 2.21. The van der Waals surface area contributed by atoms with Crippen LogP contribution in [0.5, 0.6) is 0 Å². The van der Waals surface area contributed by atoms with Gasteiger partial charge in [0.1, 0.15) is 0 Å². The normalized spacial score (nSPS) is 27.4. The maximum Gasteiger partial charge on any atom is 0.0704 e. The van der Waals surface area contributed by atoms with E-state index in [1.807, 2.05) is 0 Å². The second kappa shape index (κ2) is 5.63. The first kappa shape index (κ1) is 12.7. The van der Waals surface area contributed by atoms with Gasteiger partial charge in [-0.05, 0) is 26.7 Å². The van der Waals surface area contributed by atoms with Crippen LogP contribution in [0.4, 0.5) is 0 Å². The highest BCUT2D eigenvalue weighted by atomic mass is 127. The number of ether oxygens (including phenoxy) is 2. The molecule has 0 aromatic heterocycles. The van der Waals surface area contributed by atoms with Crippen molar-refractivity contribution in [1.29, 1.82) is 0 Å². The molecule has 1 fully saturated rings. The number of alkyl halides is 1. The standard InChI is InChI=1S/C10H20INO2/c1-10(2,11)7-13-3-4-14-9-5-8(12)6-9/h8-9H,3-7,12H2,1-2H3. The van der Waals surface area contributed by atoms with Gasteiger partial charge >= 0.3 is 0 Å². The lowest BCUT2D eigenvalue weighted by atomic mass is 9.90. The molecule has 4 heteroatoms. The van der Waals surface area contributed by atoms with Crippen molar-refractivity contribution in [2.75, 3.05) is 19.8 Å². The molecule has 1 aliphatic rings. The third-order valence-electron chi connectivity index (χ3n) is 2.16. The average Bonchev–Trinajstić information content (AvgIpc) is 1.98. The fraction of sp³-hybridized carbons (Fsp3) is 1.00. The van der Waals surface area contributed by atoms with E-state index in [2.05, 4.69) is 36.4 Å². The maximum atomic E-state index is 5.64. The lowest BCUT2D eigenvalue weighted by Gasteiger charge is -2.32. The summed E-state index contributed by atoms with van der Waals surface area (Å²) in [5.74, 6) is 0. The Kier molecular flexibility index (Phi) is 5.10. The molecule has 0 amide bonds. The molecule has 0 aromatic rings. The molecular formula is C10H20INO2. The van der Waals surface area contributed by atoms with Gasteiger partial charge in [-0.1, -0.05) is 22.6 Å². The lowest BCUT2D eigenvalue weighted by molar-refractivity contribution is -0.0372. The van der Waals surface area contributed by atoms with Crippen molar-refractivity contribution in [1.82, 2.24) is 0 Å². The van der Waals surface area contributed by atoms with E-state index < -0.39 is 0 Å². The highest BCUT2D eigenvalue weighted by molar-refractivity contribution is 14.1. The number of rotatable bonds is 6. The highest BCUT2D eigenvalue weighted by Gasteiger charge is 2.26. The van der Waals surface area contributed by atoms with Crippen LogP contribution >= 0.6 is 22.6 Å². The fourth-order valence-corrected chi connectivity index (χ4v) is 1.55. The summed E-state index contributed by atoms with van der Waals surface area (Å²) in [6.07, 6.45) is 2.41. The number of hydrogen-bond acceptors (Lipinski definition) is 3. The summed E-state index contributed by atoms with van der Waals surface area (Å²) in [6.45, 7) is 6.47. The first-order valence-corrected chi connectivity index (χ1v) is 6.19. The number of halogens is 1. The Labute approximate surface area is 99.8 Å². The summed E-state index contributed by atoms with van der Waals surface area (Å²) in [5.41, 5.74) is 5.64. The second-order valence-electron chi connectivity index (χ2n) is 4.50. The molecule has 2 N–H and O–H groups in total. The maximum absolute atomic E-state index is 5.64. The molecule has 84 valence electrons. The summed E-state index contributed by atoms with van der Waals surface area (Å²) in [5, 5.41) is 0. The van der Waals surface area contributed by atoms with Crippen molar-refractivity contribution < 1.29 is 9.47 Å². The van der Waals surface area contributed by atoms with Crippen molar-refractivity contribution in [3.8, 4) is 0 Å². The quantitative estimate of drug-likeness (QED) is 0.461. The SMILES string of the molecule is CC(C)(I)COCCOC1CC(N)C1. The van der Waals surface area contributed by atoms with Gasteiger partial charge in [-0.3, -0.25) is 0 Å². The Morgan fingerprint density at radius 1 is 1.36 bits per heavy atom. The molecule has 0 saturated heterocycles. The van der Waals surface area contributed by atoms with Gasteiger partial charge < -0.3 is 15.2 Å². The summed E-state index contributed by atoms with van der Waals surface area (Å²) >= 11 is 2.38. The first-order chi connectivity index (χ1) is 6.47. The molecule has 0 atom stereocenters. The minimum absolute atomic E-state index is 0.219. The zero-order chi connectivity index (χ0) is 10.6. The van der Waals surface area contributed by atoms with Crippen LogP contribution in [-0.4, -0.2) is 35.4 Å². The van der Waals surface area contributed by atoms with Crippen molar-refractivity contribution in [2.24, 2.45) is 5.73 Å². The van der Waals surface area contributed by atoms with E-state index >= 15 is 0 Å². The number of hydrogen-bond donors (Lipinski definition) is 1. The molecule has 1 saturated carbocycles. The zero-order valence-electron chi connectivity index (χ0n) is 8.96. The van der Waals surface area contributed by atoms with Crippen LogP contribution in [0, 0.1) is 0 Å². The Hall–Kier alpha value is 0.610. The van der Waals surface area contributed by atoms with E-state index in [0.29, 0.717) is 25.4 Å². The molecule has 0 spiro atoms. The van der Waals surface area contributed by atoms with E-state index in [9.17, 15) is 0 Å². The third kappa shape index (κ3) is 5.48. The molecule has 0 aliphatic heterocycles. The van der Waals surface area contributed by atoms with E-state index in [1.165, 1.54) is 0 Å². The largest absolute Gasteiger partial charge is 0.378 e. The second-order valence-corrected chi connectivity index (χ2v) is 7.42. The van der Waals surface area contributed by atoms with Crippen LogP contribution in [0.3, 0.4) is 0 Å². The minimum Gasteiger partial charge on any atom is -0.378 e. The molecule has 0 radical (unpaired) electrons. The smallest absolute Gasteiger partial charge is 0.0704 e. The van der Waals surface area contributed by atoms with E-state index in [1.54, 1.807) is 0 Å². The lowest BCUT2D eigenvalue weighted by Crippen LogP contribution is -2.42. The van der Waals surface area contributed by atoms with Crippen LogP contribution in [0.2, 0.25) is 0 Å². The van der Waals surface area contributed by atoms with Gasteiger partial charge in [0.25, 0.3) is 0 Å². The molecule has 0 heterocycles. The topological polar surface area (TPSA) is 44.5 Å². The molecule has 3 nitrogen and oxygen atoms in total. The Bertz CT molecular complexity index is 164. The van der Waals surface area contributed by atoms with Crippen LogP contribution in [0.15, 0.2) is 0 Å². The van der Waals surface area contributed by atoms with Crippen molar-refractivity contribution >= 4 is 22.6 Å². The summed E-state index contributed by atoms with van der Waals surface area (Å²) in [4.78, 5) is 0. The summed E-state index contributed by atoms with van der Waals surface area (Å²) < 4.78 is 11.3. The van der Waals surface area contributed by atoms with E-state index in [4.69, 9.17) is 15.2 Å². The molecule has 0 aromatic carbocycles.